The van der Waals surface area contributed by atoms with Crippen molar-refractivity contribution in [2.24, 2.45) is 0 Å². The second-order valence-electron chi connectivity index (χ2n) is 2.42. The quantitative estimate of drug-likeness (QED) is 0.688. The smallest absolute Gasteiger partial charge is 0.185 e. The van der Waals surface area contributed by atoms with Crippen molar-refractivity contribution in [3.63, 3.8) is 0 Å². The van der Waals surface area contributed by atoms with Crippen LogP contribution in [0.1, 0.15) is 6.92 Å². The average Bonchev–Trinajstić information content (AvgIpc) is 2.14. The SMILES string of the molecule is CC(=O)SCCOc1cc[c]cc1. The van der Waals surface area contributed by atoms with Crippen molar-refractivity contribution in [2.45, 2.75) is 6.92 Å². The van der Waals surface area contributed by atoms with Gasteiger partial charge in [0.1, 0.15) is 5.75 Å². The van der Waals surface area contributed by atoms with Crippen LogP contribution >= 0.6 is 11.8 Å². The molecule has 1 rings (SSSR count). The molecule has 0 bridgehead atoms. The highest BCUT2D eigenvalue weighted by Gasteiger charge is 1.94. The largest absolute Gasteiger partial charge is 0.493 e. The molecule has 69 valence electrons. The maximum absolute atomic E-state index is 10.6. The molecule has 0 aliphatic heterocycles. The molecular formula is C10H11O2S. The lowest BCUT2D eigenvalue weighted by Crippen LogP contribution is -2.01. The summed E-state index contributed by atoms with van der Waals surface area (Å²) < 4.78 is 5.36. The third kappa shape index (κ3) is 4.58. The normalized spacial score (nSPS) is 9.62. The number of hydrogen-bond donors (Lipinski definition) is 0. The van der Waals surface area contributed by atoms with Crippen LogP contribution in [0.15, 0.2) is 24.3 Å². The van der Waals surface area contributed by atoms with Crippen molar-refractivity contribution in [3.05, 3.63) is 30.3 Å². The van der Waals surface area contributed by atoms with Crippen LogP contribution in [0.25, 0.3) is 0 Å². The minimum absolute atomic E-state index is 0.130. The highest BCUT2D eigenvalue weighted by Crippen LogP contribution is 2.09. The van der Waals surface area contributed by atoms with Crippen molar-refractivity contribution in [3.8, 4) is 5.75 Å². The average molecular weight is 195 g/mol. The Morgan fingerprint density at radius 3 is 2.85 bits per heavy atom. The van der Waals surface area contributed by atoms with Gasteiger partial charge in [-0.1, -0.05) is 23.9 Å². The summed E-state index contributed by atoms with van der Waals surface area (Å²) in [6.45, 7) is 2.12. The molecule has 0 atom stereocenters. The standard InChI is InChI=1S/C10H11O2S/c1-9(11)13-8-7-12-10-5-3-2-4-6-10/h3-6H,7-8H2,1H3. The van der Waals surface area contributed by atoms with Gasteiger partial charge >= 0.3 is 0 Å². The first-order valence-corrected chi connectivity index (χ1v) is 5.00. The zero-order valence-corrected chi connectivity index (χ0v) is 8.26. The van der Waals surface area contributed by atoms with Crippen molar-refractivity contribution in [1.82, 2.24) is 0 Å². The van der Waals surface area contributed by atoms with Crippen LogP contribution in [0.2, 0.25) is 0 Å². The summed E-state index contributed by atoms with van der Waals surface area (Å²) in [6, 6.07) is 10.2. The number of benzene rings is 1. The van der Waals surface area contributed by atoms with Crippen LogP contribution in [-0.2, 0) is 4.79 Å². The van der Waals surface area contributed by atoms with Crippen LogP contribution in [0.5, 0.6) is 5.75 Å². The predicted molar refractivity (Wildman–Crippen MR) is 53.9 cm³/mol. The predicted octanol–water partition coefficient (Wildman–Crippen LogP) is 2.15. The van der Waals surface area contributed by atoms with E-state index in [1.807, 2.05) is 12.1 Å². The van der Waals surface area contributed by atoms with E-state index in [-0.39, 0.29) is 5.12 Å². The van der Waals surface area contributed by atoms with E-state index in [2.05, 4.69) is 6.07 Å². The Balaban J connectivity index is 2.17. The second kappa shape index (κ2) is 5.65. The lowest BCUT2D eigenvalue weighted by Gasteiger charge is -2.03. The van der Waals surface area contributed by atoms with E-state index in [4.69, 9.17) is 4.74 Å². The molecule has 1 radical (unpaired) electrons. The molecule has 0 aliphatic carbocycles. The zero-order chi connectivity index (χ0) is 9.52. The van der Waals surface area contributed by atoms with Crippen molar-refractivity contribution < 1.29 is 9.53 Å². The van der Waals surface area contributed by atoms with Gasteiger partial charge in [0.05, 0.1) is 6.61 Å². The number of carbonyl (C=O) groups excluding carboxylic acids is 1. The van der Waals surface area contributed by atoms with Crippen molar-refractivity contribution in [1.29, 1.82) is 0 Å². The van der Waals surface area contributed by atoms with E-state index in [0.29, 0.717) is 12.4 Å². The van der Waals surface area contributed by atoms with Crippen LogP contribution in [-0.4, -0.2) is 17.5 Å². The van der Waals surface area contributed by atoms with Crippen molar-refractivity contribution >= 4 is 16.9 Å². The van der Waals surface area contributed by atoms with E-state index >= 15 is 0 Å². The van der Waals surface area contributed by atoms with E-state index in [9.17, 15) is 4.79 Å². The summed E-state index contributed by atoms with van der Waals surface area (Å²) in [5, 5.41) is 0.130. The van der Waals surface area contributed by atoms with E-state index < -0.39 is 0 Å². The Kier molecular flexibility index (Phi) is 4.40. The van der Waals surface area contributed by atoms with Gasteiger partial charge in [0.2, 0.25) is 0 Å². The van der Waals surface area contributed by atoms with E-state index in [1.165, 1.54) is 11.8 Å². The maximum atomic E-state index is 10.6. The molecule has 13 heavy (non-hydrogen) atoms. The molecule has 1 aromatic carbocycles. The van der Waals surface area contributed by atoms with Crippen LogP contribution < -0.4 is 4.74 Å². The topological polar surface area (TPSA) is 26.3 Å². The number of carbonyl (C=O) groups is 1. The number of rotatable bonds is 4. The first kappa shape index (κ1) is 10.1. The molecule has 0 unspecified atom stereocenters. The summed E-state index contributed by atoms with van der Waals surface area (Å²) in [7, 11) is 0. The van der Waals surface area contributed by atoms with Gasteiger partial charge in [-0.05, 0) is 18.2 Å². The fourth-order valence-corrected chi connectivity index (χ4v) is 1.27. The van der Waals surface area contributed by atoms with E-state index in [0.717, 1.165) is 5.75 Å². The highest BCUT2D eigenvalue weighted by atomic mass is 32.2. The summed E-state index contributed by atoms with van der Waals surface area (Å²) in [5.41, 5.74) is 0. The third-order valence-electron chi connectivity index (χ3n) is 1.35. The highest BCUT2D eigenvalue weighted by molar-refractivity contribution is 8.13. The molecule has 0 amide bonds. The van der Waals surface area contributed by atoms with Gasteiger partial charge in [-0.15, -0.1) is 0 Å². The Bertz CT molecular complexity index is 259. The van der Waals surface area contributed by atoms with E-state index in [1.54, 1.807) is 19.1 Å². The van der Waals surface area contributed by atoms with Gasteiger partial charge in [-0.25, -0.2) is 0 Å². The van der Waals surface area contributed by atoms with Gasteiger partial charge in [0.25, 0.3) is 0 Å². The molecule has 0 saturated heterocycles. The first-order chi connectivity index (χ1) is 6.29. The Morgan fingerprint density at radius 1 is 1.54 bits per heavy atom. The molecule has 0 N–H and O–H groups in total. The molecule has 3 heteroatoms. The van der Waals surface area contributed by atoms with Gasteiger partial charge in [-0.3, -0.25) is 4.79 Å². The lowest BCUT2D eigenvalue weighted by molar-refractivity contribution is -0.109. The number of hydrogen-bond acceptors (Lipinski definition) is 3. The molecule has 0 spiro atoms. The van der Waals surface area contributed by atoms with Crippen molar-refractivity contribution in [2.75, 3.05) is 12.4 Å². The number of ether oxygens (including phenoxy) is 1. The summed E-state index contributed by atoms with van der Waals surface area (Å²) in [5.74, 6) is 1.52. The molecule has 1 aromatic rings. The first-order valence-electron chi connectivity index (χ1n) is 4.01. The molecule has 0 heterocycles. The molecule has 2 nitrogen and oxygen atoms in total. The number of thioether (sulfide) groups is 1. The molecular weight excluding hydrogens is 184 g/mol. The Labute approximate surface area is 82.3 Å². The zero-order valence-electron chi connectivity index (χ0n) is 7.45. The van der Waals surface area contributed by atoms with Gasteiger partial charge < -0.3 is 4.74 Å². The maximum Gasteiger partial charge on any atom is 0.185 e. The molecule has 0 aromatic heterocycles. The Morgan fingerprint density at radius 2 is 2.23 bits per heavy atom. The molecule has 0 saturated carbocycles. The fourth-order valence-electron chi connectivity index (χ4n) is 0.813. The Hall–Kier alpha value is -0.960. The monoisotopic (exact) mass is 195 g/mol. The minimum Gasteiger partial charge on any atom is -0.493 e. The van der Waals surface area contributed by atoms with Gasteiger partial charge in [-0.2, -0.15) is 0 Å². The fraction of sp³-hybridized carbons (Fsp3) is 0.300. The van der Waals surface area contributed by atoms with Crippen LogP contribution in [0.4, 0.5) is 0 Å². The second-order valence-corrected chi connectivity index (χ2v) is 3.70. The summed E-state index contributed by atoms with van der Waals surface area (Å²) >= 11 is 1.28. The molecule has 0 fully saturated rings. The van der Waals surface area contributed by atoms with Crippen LogP contribution in [0, 0.1) is 6.07 Å². The van der Waals surface area contributed by atoms with Gasteiger partial charge in [0.15, 0.2) is 5.12 Å². The lowest BCUT2D eigenvalue weighted by atomic mass is 10.3. The van der Waals surface area contributed by atoms with Gasteiger partial charge in [0, 0.05) is 12.7 Å². The minimum atomic E-state index is 0.130. The summed E-state index contributed by atoms with van der Waals surface area (Å²) in [6.07, 6.45) is 0. The summed E-state index contributed by atoms with van der Waals surface area (Å²) in [4.78, 5) is 10.6. The molecule has 0 aliphatic rings. The van der Waals surface area contributed by atoms with Crippen LogP contribution in [0.3, 0.4) is 0 Å². The third-order valence-corrected chi connectivity index (χ3v) is 2.12.